The van der Waals surface area contributed by atoms with Gasteiger partial charge in [-0.15, -0.1) is 0 Å². The Morgan fingerprint density at radius 3 is 2.52 bits per heavy atom. The van der Waals surface area contributed by atoms with Crippen LogP contribution in [0.2, 0.25) is 0 Å². The molecule has 0 spiro atoms. The number of rotatable bonds is 4. The number of nitrogens with one attached hydrogen (secondary N) is 1. The molecule has 1 fully saturated rings. The second-order valence-electron chi connectivity index (χ2n) is 6.39. The zero-order valence-corrected chi connectivity index (χ0v) is 15.5. The number of ether oxygens (including phenoxy) is 2. The van der Waals surface area contributed by atoms with Gasteiger partial charge in [-0.25, -0.2) is 0 Å². The third-order valence-corrected chi connectivity index (χ3v) is 4.86. The van der Waals surface area contributed by atoms with Crippen LogP contribution in [-0.4, -0.2) is 46.4 Å². The van der Waals surface area contributed by atoms with Gasteiger partial charge in [0.15, 0.2) is 0 Å². The van der Waals surface area contributed by atoms with Gasteiger partial charge in [0.1, 0.15) is 17.1 Å². The van der Waals surface area contributed by atoms with Gasteiger partial charge in [-0.2, -0.15) is 0 Å². The number of hydrogen-bond acceptors (Lipinski definition) is 5. The van der Waals surface area contributed by atoms with E-state index >= 15 is 0 Å². The van der Waals surface area contributed by atoms with Gasteiger partial charge in [-0.05, 0) is 42.5 Å². The van der Waals surface area contributed by atoms with Crippen LogP contribution in [0.25, 0.3) is 22.3 Å². The van der Waals surface area contributed by atoms with Crippen LogP contribution >= 0.6 is 0 Å². The lowest BCUT2D eigenvalue weighted by Gasteiger charge is -2.28. The standard InChI is InChI=1S/C21H22N2O4/c1-22-21(24)19-17-13-16(25-2)7-8-18(17)27-20(19)14-3-5-15(6-4-14)23-9-11-26-12-10-23/h3-8,13H,9-12H2,1-2H3,(H,22,24). The van der Waals surface area contributed by atoms with E-state index in [-0.39, 0.29) is 5.91 Å². The summed E-state index contributed by atoms with van der Waals surface area (Å²) < 4.78 is 16.8. The highest BCUT2D eigenvalue weighted by Gasteiger charge is 2.22. The first-order chi connectivity index (χ1) is 13.2. The predicted octanol–water partition coefficient (Wildman–Crippen LogP) is 3.30. The maximum absolute atomic E-state index is 12.6. The van der Waals surface area contributed by atoms with Crippen molar-refractivity contribution >= 4 is 22.6 Å². The molecule has 0 aliphatic carbocycles. The molecular weight excluding hydrogens is 344 g/mol. The molecule has 140 valence electrons. The van der Waals surface area contributed by atoms with Crippen LogP contribution in [0.1, 0.15) is 10.4 Å². The predicted molar refractivity (Wildman–Crippen MR) is 105 cm³/mol. The number of methoxy groups -OCH3 is 1. The van der Waals surface area contributed by atoms with Gasteiger partial charge in [-0.3, -0.25) is 4.79 Å². The summed E-state index contributed by atoms with van der Waals surface area (Å²) in [7, 11) is 3.22. The molecule has 3 aromatic rings. The zero-order valence-electron chi connectivity index (χ0n) is 15.5. The van der Waals surface area contributed by atoms with Gasteiger partial charge in [0.25, 0.3) is 5.91 Å². The van der Waals surface area contributed by atoms with Crippen LogP contribution in [0.4, 0.5) is 5.69 Å². The number of nitrogens with zero attached hydrogens (tertiary/aromatic N) is 1. The van der Waals surface area contributed by atoms with Gasteiger partial charge >= 0.3 is 0 Å². The van der Waals surface area contributed by atoms with Crippen LogP contribution < -0.4 is 15.0 Å². The van der Waals surface area contributed by atoms with Gasteiger partial charge in [0.2, 0.25) is 0 Å². The quantitative estimate of drug-likeness (QED) is 0.768. The molecule has 4 rings (SSSR count). The van der Waals surface area contributed by atoms with Crippen molar-refractivity contribution in [3.8, 4) is 17.1 Å². The van der Waals surface area contributed by atoms with E-state index in [0.29, 0.717) is 22.7 Å². The highest BCUT2D eigenvalue weighted by molar-refractivity contribution is 6.11. The summed E-state index contributed by atoms with van der Waals surface area (Å²) >= 11 is 0. The van der Waals surface area contributed by atoms with E-state index in [1.807, 2.05) is 30.3 Å². The summed E-state index contributed by atoms with van der Waals surface area (Å²) in [5.41, 5.74) is 3.18. The van der Waals surface area contributed by atoms with Crippen molar-refractivity contribution in [2.24, 2.45) is 0 Å². The lowest BCUT2D eigenvalue weighted by Crippen LogP contribution is -2.36. The van der Waals surface area contributed by atoms with Gasteiger partial charge in [0.05, 0.1) is 25.9 Å². The van der Waals surface area contributed by atoms with Crippen molar-refractivity contribution in [3.05, 3.63) is 48.0 Å². The first-order valence-electron chi connectivity index (χ1n) is 8.97. The van der Waals surface area contributed by atoms with Crippen molar-refractivity contribution in [2.45, 2.75) is 0 Å². The van der Waals surface area contributed by atoms with E-state index < -0.39 is 0 Å². The van der Waals surface area contributed by atoms with E-state index in [1.165, 1.54) is 0 Å². The number of amides is 1. The van der Waals surface area contributed by atoms with Crippen LogP contribution in [0, 0.1) is 0 Å². The van der Waals surface area contributed by atoms with Crippen LogP contribution in [0.3, 0.4) is 0 Å². The molecule has 2 aromatic carbocycles. The maximum atomic E-state index is 12.6. The summed E-state index contributed by atoms with van der Waals surface area (Å²) in [6.45, 7) is 3.25. The fourth-order valence-corrected chi connectivity index (χ4v) is 3.40. The van der Waals surface area contributed by atoms with Crippen molar-refractivity contribution < 1.29 is 18.7 Å². The first-order valence-corrected chi connectivity index (χ1v) is 8.97. The lowest BCUT2D eigenvalue weighted by molar-refractivity contribution is 0.0964. The fourth-order valence-electron chi connectivity index (χ4n) is 3.40. The SMILES string of the molecule is CNC(=O)c1c(-c2ccc(N3CCOCC3)cc2)oc2ccc(OC)cc12. The summed E-state index contributed by atoms with van der Waals surface area (Å²) in [6.07, 6.45) is 0. The third-order valence-electron chi connectivity index (χ3n) is 4.86. The van der Waals surface area contributed by atoms with Crippen molar-refractivity contribution in [3.63, 3.8) is 0 Å². The number of morpholine rings is 1. The van der Waals surface area contributed by atoms with E-state index in [4.69, 9.17) is 13.9 Å². The lowest BCUT2D eigenvalue weighted by atomic mass is 10.0. The maximum Gasteiger partial charge on any atom is 0.255 e. The van der Waals surface area contributed by atoms with Gasteiger partial charge < -0.3 is 24.1 Å². The van der Waals surface area contributed by atoms with Gasteiger partial charge in [0, 0.05) is 36.8 Å². The number of carbonyl (C=O) groups is 1. The zero-order chi connectivity index (χ0) is 18.8. The molecule has 1 saturated heterocycles. The minimum Gasteiger partial charge on any atom is -0.497 e. The molecule has 0 unspecified atom stereocenters. The molecule has 0 radical (unpaired) electrons. The summed E-state index contributed by atoms with van der Waals surface area (Å²) in [4.78, 5) is 14.9. The second kappa shape index (κ2) is 7.32. The summed E-state index contributed by atoms with van der Waals surface area (Å²) in [5, 5.41) is 3.45. The van der Waals surface area contributed by atoms with Crippen LogP contribution in [0.15, 0.2) is 46.9 Å². The van der Waals surface area contributed by atoms with E-state index in [1.54, 1.807) is 14.2 Å². The highest BCUT2D eigenvalue weighted by Crippen LogP contribution is 2.36. The Hall–Kier alpha value is -2.99. The molecule has 2 heterocycles. The fraction of sp³-hybridized carbons (Fsp3) is 0.286. The molecule has 0 atom stereocenters. The topological polar surface area (TPSA) is 63.9 Å². The Morgan fingerprint density at radius 1 is 1.11 bits per heavy atom. The van der Waals surface area contributed by atoms with E-state index in [9.17, 15) is 4.79 Å². The molecule has 6 heteroatoms. The number of carbonyl (C=O) groups excluding carboxylic acids is 1. The summed E-state index contributed by atoms with van der Waals surface area (Å²) in [5.74, 6) is 1.06. The molecular formula is C21H22N2O4. The van der Waals surface area contributed by atoms with Crippen LogP contribution in [0.5, 0.6) is 5.75 Å². The largest absolute Gasteiger partial charge is 0.497 e. The molecule has 1 aliphatic rings. The Labute approximate surface area is 157 Å². The monoisotopic (exact) mass is 366 g/mol. The average molecular weight is 366 g/mol. The molecule has 6 nitrogen and oxygen atoms in total. The average Bonchev–Trinajstić information content (AvgIpc) is 3.12. The number of furan rings is 1. The number of anilines is 1. The molecule has 1 N–H and O–H groups in total. The molecule has 1 aromatic heterocycles. The molecule has 1 aliphatic heterocycles. The Bertz CT molecular complexity index is 956. The molecule has 27 heavy (non-hydrogen) atoms. The molecule has 1 amide bonds. The number of hydrogen-bond donors (Lipinski definition) is 1. The summed E-state index contributed by atoms with van der Waals surface area (Å²) in [6, 6.07) is 13.6. The highest BCUT2D eigenvalue weighted by atomic mass is 16.5. The van der Waals surface area contributed by atoms with E-state index in [2.05, 4.69) is 22.3 Å². The Kier molecular flexibility index (Phi) is 4.73. The Balaban J connectivity index is 1.77. The number of fused-ring (bicyclic) bond motifs is 1. The number of benzene rings is 2. The molecule has 0 bridgehead atoms. The first kappa shape index (κ1) is 17.4. The van der Waals surface area contributed by atoms with E-state index in [0.717, 1.165) is 42.9 Å². The molecule has 0 saturated carbocycles. The minimum atomic E-state index is -0.186. The minimum absolute atomic E-state index is 0.186. The van der Waals surface area contributed by atoms with Crippen molar-refractivity contribution in [1.82, 2.24) is 5.32 Å². The third kappa shape index (κ3) is 3.24. The van der Waals surface area contributed by atoms with Crippen molar-refractivity contribution in [2.75, 3.05) is 45.4 Å². The smallest absolute Gasteiger partial charge is 0.255 e. The van der Waals surface area contributed by atoms with Crippen molar-refractivity contribution in [1.29, 1.82) is 0 Å². The van der Waals surface area contributed by atoms with Crippen LogP contribution in [-0.2, 0) is 4.74 Å². The normalized spacial score (nSPS) is 14.4. The van der Waals surface area contributed by atoms with Gasteiger partial charge in [-0.1, -0.05) is 0 Å². The Morgan fingerprint density at radius 2 is 1.85 bits per heavy atom. The second-order valence-corrected chi connectivity index (χ2v) is 6.39.